The summed E-state index contributed by atoms with van der Waals surface area (Å²) in [6, 6.07) is 7.59. The van der Waals surface area contributed by atoms with Crippen LogP contribution in [-0.4, -0.2) is 21.0 Å². The third-order valence-corrected chi connectivity index (χ3v) is 3.41. The molecule has 86 valence electrons. The molecule has 0 spiro atoms. The van der Waals surface area contributed by atoms with Crippen molar-refractivity contribution in [3.05, 3.63) is 47.0 Å². The Bertz CT molecular complexity index is 563. The standard InChI is InChI=1S/C11H7BrN2O2S/c12-7-2-1-3-8(4-7)17-9-5-13-6-14-10(9)11(15)16/h1-6H,(H,15,16). The molecule has 0 bridgehead atoms. The number of rotatable bonds is 3. The van der Waals surface area contributed by atoms with E-state index in [4.69, 9.17) is 5.11 Å². The maximum Gasteiger partial charge on any atom is 0.355 e. The highest BCUT2D eigenvalue weighted by Gasteiger charge is 2.12. The smallest absolute Gasteiger partial charge is 0.355 e. The minimum atomic E-state index is -1.05. The third-order valence-electron chi connectivity index (χ3n) is 1.91. The second-order valence-electron chi connectivity index (χ2n) is 3.10. The largest absolute Gasteiger partial charge is 0.476 e. The van der Waals surface area contributed by atoms with Crippen LogP contribution in [0.25, 0.3) is 0 Å². The van der Waals surface area contributed by atoms with Crippen molar-refractivity contribution in [1.29, 1.82) is 0 Å². The first kappa shape index (κ1) is 12.1. The Morgan fingerprint density at radius 2 is 2.24 bits per heavy atom. The summed E-state index contributed by atoms with van der Waals surface area (Å²) in [4.78, 5) is 20.0. The Hall–Kier alpha value is -1.40. The average molecular weight is 311 g/mol. The number of nitrogens with zero attached hydrogens (tertiary/aromatic N) is 2. The molecular formula is C11H7BrN2O2S. The van der Waals surface area contributed by atoms with Gasteiger partial charge in [0, 0.05) is 15.6 Å². The van der Waals surface area contributed by atoms with Gasteiger partial charge < -0.3 is 5.11 Å². The first-order valence-corrected chi connectivity index (χ1v) is 6.24. The number of halogens is 1. The lowest BCUT2D eigenvalue weighted by atomic mass is 10.4. The molecule has 0 amide bonds. The zero-order chi connectivity index (χ0) is 12.3. The molecule has 0 aliphatic carbocycles. The minimum absolute atomic E-state index is 0.0185. The first-order chi connectivity index (χ1) is 8.16. The molecule has 2 aromatic rings. The molecule has 0 saturated heterocycles. The molecule has 1 aromatic carbocycles. The molecule has 0 unspecified atom stereocenters. The van der Waals surface area contributed by atoms with Gasteiger partial charge in [0.05, 0.1) is 4.90 Å². The fourth-order valence-electron chi connectivity index (χ4n) is 1.21. The molecule has 0 aliphatic rings. The fourth-order valence-corrected chi connectivity index (χ4v) is 2.70. The summed E-state index contributed by atoms with van der Waals surface area (Å²) in [5.41, 5.74) is 0.0185. The Morgan fingerprint density at radius 3 is 2.94 bits per heavy atom. The molecule has 0 aliphatic heterocycles. The molecule has 1 heterocycles. The lowest BCUT2D eigenvalue weighted by Gasteiger charge is -2.04. The van der Waals surface area contributed by atoms with Crippen LogP contribution >= 0.6 is 27.7 Å². The highest BCUT2D eigenvalue weighted by Crippen LogP contribution is 2.30. The summed E-state index contributed by atoms with van der Waals surface area (Å²) < 4.78 is 0.941. The Balaban J connectivity index is 2.33. The number of aromatic carboxylic acids is 1. The van der Waals surface area contributed by atoms with Crippen LogP contribution in [0.5, 0.6) is 0 Å². The number of hydrogen-bond acceptors (Lipinski definition) is 4. The lowest BCUT2D eigenvalue weighted by molar-refractivity contribution is 0.0686. The molecule has 2 rings (SSSR count). The van der Waals surface area contributed by atoms with Gasteiger partial charge in [-0.3, -0.25) is 0 Å². The number of benzene rings is 1. The highest BCUT2D eigenvalue weighted by atomic mass is 79.9. The molecule has 0 saturated carbocycles. The number of carboxylic acid groups (broad SMARTS) is 1. The highest BCUT2D eigenvalue weighted by molar-refractivity contribution is 9.10. The van der Waals surface area contributed by atoms with Crippen molar-refractivity contribution in [2.24, 2.45) is 0 Å². The van der Waals surface area contributed by atoms with Crippen LogP contribution in [0.1, 0.15) is 10.5 Å². The number of aromatic nitrogens is 2. The summed E-state index contributed by atoms with van der Waals surface area (Å²) in [5.74, 6) is -1.05. The van der Waals surface area contributed by atoms with Crippen LogP contribution in [0.15, 0.2) is 51.1 Å². The van der Waals surface area contributed by atoms with Crippen molar-refractivity contribution in [3.8, 4) is 0 Å². The van der Waals surface area contributed by atoms with E-state index in [1.54, 1.807) is 0 Å². The zero-order valence-electron chi connectivity index (χ0n) is 8.50. The number of carbonyl (C=O) groups is 1. The summed E-state index contributed by atoms with van der Waals surface area (Å²) in [5, 5.41) is 8.99. The Labute approximate surface area is 110 Å². The van der Waals surface area contributed by atoms with E-state index in [2.05, 4.69) is 25.9 Å². The van der Waals surface area contributed by atoms with E-state index < -0.39 is 5.97 Å². The predicted molar refractivity (Wildman–Crippen MR) is 67.3 cm³/mol. The monoisotopic (exact) mass is 310 g/mol. The second-order valence-corrected chi connectivity index (χ2v) is 5.13. The Kier molecular flexibility index (Phi) is 3.75. The normalized spacial score (nSPS) is 10.2. The van der Waals surface area contributed by atoms with Gasteiger partial charge in [-0.1, -0.05) is 33.8 Å². The van der Waals surface area contributed by atoms with Crippen molar-refractivity contribution < 1.29 is 9.90 Å². The molecule has 0 radical (unpaired) electrons. The minimum Gasteiger partial charge on any atom is -0.476 e. The summed E-state index contributed by atoms with van der Waals surface area (Å²) in [7, 11) is 0. The van der Waals surface area contributed by atoms with Gasteiger partial charge in [-0.25, -0.2) is 14.8 Å². The van der Waals surface area contributed by atoms with Crippen LogP contribution in [0, 0.1) is 0 Å². The summed E-state index contributed by atoms with van der Waals surface area (Å²) >= 11 is 4.68. The predicted octanol–water partition coefficient (Wildman–Crippen LogP) is 3.09. The molecule has 0 fully saturated rings. The van der Waals surface area contributed by atoms with E-state index in [1.165, 1.54) is 24.3 Å². The number of hydrogen-bond donors (Lipinski definition) is 1. The van der Waals surface area contributed by atoms with Crippen molar-refractivity contribution in [1.82, 2.24) is 9.97 Å². The van der Waals surface area contributed by atoms with Gasteiger partial charge in [-0.2, -0.15) is 0 Å². The average Bonchev–Trinajstić information content (AvgIpc) is 2.29. The van der Waals surface area contributed by atoms with Gasteiger partial charge in [-0.05, 0) is 18.2 Å². The van der Waals surface area contributed by atoms with Crippen molar-refractivity contribution >= 4 is 33.7 Å². The van der Waals surface area contributed by atoms with Gasteiger partial charge >= 0.3 is 5.97 Å². The van der Waals surface area contributed by atoms with Crippen molar-refractivity contribution in [2.75, 3.05) is 0 Å². The molecular weight excluding hydrogens is 304 g/mol. The maximum absolute atomic E-state index is 11.0. The lowest BCUT2D eigenvalue weighted by Crippen LogP contribution is -2.02. The van der Waals surface area contributed by atoms with Gasteiger partial charge in [0.15, 0.2) is 5.69 Å². The van der Waals surface area contributed by atoms with Crippen LogP contribution in [0.2, 0.25) is 0 Å². The molecule has 4 nitrogen and oxygen atoms in total. The molecule has 6 heteroatoms. The van der Waals surface area contributed by atoms with E-state index in [0.29, 0.717) is 4.90 Å². The van der Waals surface area contributed by atoms with Crippen LogP contribution in [0.4, 0.5) is 0 Å². The van der Waals surface area contributed by atoms with E-state index >= 15 is 0 Å². The van der Waals surface area contributed by atoms with E-state index in [0.717, 1.165) is 9.37 Å². The fraction of sp³-hybridized carbons (Fsp3) is 0. The van der Waals surface area contributed by atoms with Gasteiger partial charge in [0.2, 0.25) is 0 Å². The van der Waals surface area contributed by atoms with Crippen molar-refractivity contribution in [3.63, 3.8) is 0 Å². The SMILES string of the molecule is O=C(O)c1ncncc1Sc1cccc(Br)c1. The zero-order valence-corrected chi connectivity index (χ0v) is 10.9. The van der Waals surface area contributed by atoms with Crippen molar-refractivity contribution in [2.45, 2.75) is 9.79 Å². The maximum atomic E-state index is 11.0. The van der Waals surface area contributed by atoms with E-state index in [9.17, 15) is 4.79 Å². The van der Waals surface area contributed by atoms with E-state index in [-0.39, 0.29) is 5.69 Å². The topological polar surface area (TPSA) is 63.1 Å². The van der Waals surface area contributed by atoms with Crippen LogP contribution in [0.3, 0.4) is 0 Å². The van der Waals surface area contributed by atoms with Gasteiger partial charge in [-0.15, -0.1) is 0 Å². The van der Waals surface area contributed by atoms with Gasteiger partial charge in [0.1, 0.15) is 6.33 Å². The summed E-state index contributed by atoms with van der Waals surface area (Å²) in [6.45, 7) is 0. The van der Waals surface area contributed by atoms with E-state index in [1.807, 2.05) is 24.3 Å². The molecule has 17 heavy (non-hydrogen) atoms. The van der Waals surface area contributed by atoms with Crippen LogP contribution in [-0.2, 0) is 0 Å². The Morgan fingerprint density at radius 1 is 1.41 bits per heavy atom. The second kappa shape index (κ2) is 5.29. The van der Waals surface area contributed by atoms with Crippen LogP contribution < -0.4 is 0 Å². The summed E-state index contributed by atoms with van der Waals surface area (Å²) in [6.07, 6.45) is 2.73. The number of carboxylic acids is 1. The quantitative estimate of drug-likeness (QED) is 0.944. The molecule has 1 N–H and O–H groups in total. The molecule has 0 atom stereocenters. The third kappa shape index (κ3) is 3.04. The first-order valence-electron chi connectivity index (χ1n) is 4.63. The van der Waals surface area contributed by atoms with Gasteiger partial charge in [0.25, 0.3) is 0 Å². The molecule has 1 aromatic heterocycles.